The maximum Gasteiger partial charge on any atom is 0.191 e. The van der Waals surface area contributed by atoms with Gasteiger partial charge >= 0.3 is 0 Å². The number of anilines is 1. The maximum atomic E-state index is 5.55. The Hall–Kier alpha value is -1.95. The number of rotatable bonds is 5. The van der Waals surface area contributed by atoms with Crippen LogP contribution in [0.2, 0.25) is 0 Å². The fourth-order valence-corrected chi connectivity index (χ4v) is 4.27. The smallest absolute Gasteiger partial charge is 0.191 e. The molecule has 2 aliphatic rings. The zero-order valence-corrected chi connectivity index (χ0v) is 17.1. The van der Waals surface area contributed by atoms with Crippen molar-refractivity contribution in [1.82, 2.24) is 15.5 Å². The Labute approximate surface area is 164 Å². The summed E-state index contributed by atoms with van der Waals surface area (Å²) in [6.45, 7) is 5.43. The number of ether oxygens (including phenoxy) is 1. The molecule has 6 nitrogen and oxygen atoms in total. The molecule has 1 aromatic rings. The summed E-state index contributed by atoms with van der Waals surface area (Å²) in [5.74, 6) is 2.58. The van der Waals surface area contributed by atoms with Gasteiger partial charge < -0.3 is 25.2 Å². The highest BCUT2D eigenvalue weighted by Gasteiger charge is 2.23. The summed E-state index contributed by atoms with van der Waals surface area (Å²) in [5, 5.41) is 7.19. The van der Waals surface area contributed by atoms with Crippen LogP contribution in [0.5, 0.6) is 5.75 Å². The molecule has 0 bridgehead atoms. The lowest BCUT2D eigenvalue weighted by atomic mass is 9.98. The van der Waals surface area contributed by atoms with E-state index in [1.54, 1.807) is 7.11 Å². The van der Waals surface area contributed by atoms with Gasteiger partial charge in [0.25, 0.3) is 0 Å². The summed E-state index contributed by atoms with van der Waals surface area (Å²) >= 11 is 0. The Morgan fingerprint density at radius 2 is 2.00 bits per heavy atom. The Bertz CT molecular complexity index is 620. The molecule has 0 spiro atoms. The number of guanidine groups is 1. The first kappa shape index (κ1) is 19.8. The van der Waals surface area contributed by atoms with Crippen molar-refractivity contribution in [3.05, 3.63) is 24.3 Å². The van der Waals surface area contributed by atoms with Gasteiger partial charge in [0.2, 0.25) is 0 Å². The third-order valence-corrected chi connectivity index (χ3v) is 5.69. The summed E-state index contributed by atoms with van der Waals surface area (Å²) in [4.78, 5) is 9.30. The molecule has 0 saturated carbocycles. The second kappa shape index (κ2) is 9.83. The second-order valence-corrected chi connectivity index (χ2v) is 7.82. The minimum absolute atomic E-state index is 0.392. The van der Waals surface area contributed by atoms with E-state index in [1.807, 2.05) is 19.2 Å². The van der Waals surface area contributed by atoms with Gasteiger partial charge in [-0.25, -0.2) is 0 Å². The van der Waals surface area contributed by atoms with Crippen molar-refractivity contribution in [2.75, 3.05) is 58.8 Å². The van der Waals surface area contributed by atoms with Crippen molar-refractivity contribution in [2.24, 2.45) is 10.9 Å². The molecule has 1 aromatic carbocycles. The van der Waals surface area contributed by atoms with Gasteiger partial charge in [-0.3, -0.25) is 4.99 Å². The summed E-state index contributed by atoms with van der Waals surface area (Å²) < 4.78 is 5.55. The van der Waals surface area contributed by atoms with E-state index in [0.717, 1.165) is 31.3 Å². The highest BCUT2D eigenvalue weighted by Crippen LogP contribution is 2.29. The Morgan fingerprint density at radius 1 is 1.19 bits per heavy atom. The zero-order valence-electron chi connectivity index (χ0n) is 17.1. The predicted octanol–water partition coefficient (Wildman–Crippen LogP) is 2.17. The van der Waals surface area contributed by atoms with E-state index in [0.29, 0.717) is 12.0 Å². The minimum Gasteiger partial charge on any atom is -0.495 e. The topological polar surface area (TPSA) is 52.1 Å². The van der Waals surface area contributed by atoms with Crippen molar-refractivity contribution in [2.45, 2.75) is 31.7 Å². The molecule has 0 aliphatic carbocycles. The lowest BCUT2D eigenvalue weighted by Crippen LogP contribution is -2.52. The largest absolute Gasteiger partial charge is 0.495 e. The SMILES string of the molecule is CN=C(NCC1CCCN(C)C1)NC1CCCN(c2ccccc2OC)C1. The fraction of sp³-hybridized carbons (Fsp3) is 0.667. The quantitative estimate of drug-likeness (QED) is 0.612. The Kier molecular flexibility index (Phi) is 7.21. The molecule has 2 unspecified atom stereocenters. The van der Waals surface area contributed by atoms with Crippen LogP contribution in [-0.4, -0.2) is 70.8 Å². The maximum absolute atomic E-state index is 5.55. The van der Waals surface area contributed by atoms with Gasteiger partial charge in [0, 0.05) is 39.3 Å². The number of likely N-dealkylation sites (tertiary alicyclic amines) is 1. The van der Waals surface area contributed by atoms with E-state index in [4.69, 9.17) is 4.74 Å². The lowest BCUT2D eigenvalue weighted by Gasteiger charge is -2.36. The average Bonchev–Trinajstić information content (AvgIpc) is 2.71. The normalized spacial score (nSPS) is 24.6. The van der Waals surface area contributed by atoms with Gasteiger partial charge in [-0.15, -0.1) is 0 Å². The molecule has 2 saturated heterocycles. The summed E-state index contributed by atoms with van der Waals surface area (Å²) in [7, 11) is 5.82. The summed E-state index contributed by atoms with van der Waals surface area (Å²) in [5.41, 5.74) is 1.18. The minimum atomic E-state index is 0.392. The van der Waals surface area contributed by atoms with Gasteiger partial charge in [0.1, 0.15) is 5.75 Å². The van der Waals surface area contributed by atoms with Crippen LogP contribution in [0.1, 0.15) is 25.7 Å². The van der Waals surface area contributed by atoms with Crippen molar-refractivity contribution in [1.29, 1.82) is 0 Å². The molecule has 27 heavy (non-hydrogen) atoms. The van der Waals surface area contributed by atoms with Gasteiger partial charge in [-0.05, 0) is 57.3 Å². The van der Waals surface area contributed by atoms with E-state index >= 15 is 0 Å². The molecule has 3 rings (SSSR count). The monoisotopic (exact) mass is 373 g/mol. The summed E-state index contributed by atoms with van der Waals surface area (Å²) in [6, 6.07) is 8.68. The highest BCUT2D eigenvalue weighted by atomic mass is 16.5. The number of hydrogen-bond donors (Lipinski definition) is 2. The number of aliphatic imine (C=N–C) groups is 1. The molecule has 2 aliphatic heterocycles. The first-order chi connectivity index (χ1) is 13.2. The standard InChI is InChI=1S/C21H35N5O/c1-22-21(23-14-17-8-6-12-25(2)15-17)24-18-9-7-13-26(16-18)19-10-4-5-11-20(19)27-3/h4-5,10-11,17-18H,6-9,12-16H2,1-3H3,(H2,22,23,24). The van der Waals surface area contributed by atoms with Crippen LogP contribution in [0.15, 0.2) is 29.3 Å². The lowest BCUT2D eigenvalue weighted by molar-refractivity contribution is 0.210. The number of nitrogens with one attached hydrogen (secondary N) is 2. The molecule has 2 heterocycles. The van der Waals surface area contributed by atoms with E-state index in [2.05, 4.69) is 44.6 Å². The van der Waals surface area contributed by atoms with Crippen molar-refractivity contribution >= 4 is 11.6 Å². The van der Waals surface area contributed by atoms with Crippen LogP contribution in [0.25, 0.3) is 0 Å². The molecular weight excluding hydrogens is 338 g/mol. The van der Waals surface area contributed by atoms with Gasteiger partial charge in [-0.2, -0.15) is 0 Å². The van der Waals surface area contributed by atoms with E-state index in [-0.39, 0.29) is 0 Å². The van der Waals surface area contributed by atoms with E-state index in [1.165, 1.54) is 44.5 Å². The van der Waals surface area contributed by atoms with Crippen LogP contribution in [0.4, 0.5) is 5.69 Å². The van der Waals surface area contributed by atoms with Crippen LogP contribution >= 0.6 is 0 Å². The first-order valence-electron chi connectivity index (χ1n) is 10.2. The van der Waals surface area contributed by atoms with Crippen molar-refractivity contribution in [3.63, 3.8) is 0 Å². The molecule has 0 amide bonds. The van der Waals surface area contributed by atoms with Crippen LogP contribution < -0.4 is 20.3 Å². The molecule has 6 heteroatoms. The zero-order chi connectivity index (χ0) is 19.1. The molecule has 2 N–H and O–H groups in total. The number of methoxy groups -OCH3 is 1. The fourth-order valence-electron chi connectivity index (χ4n) is 4.27. The van der Waals surface area contributed by atoms with Crippen LogP contribution in [0, 0.1) is 5.92 Å². The van der Waals surface area contributed by atoms with Crippen LogP contribution in [-0.2, 0) is 0 Å². The number of piperidine rings is 2. The molecule has 0 radical (unpaired) electrons. The number of nitrogens with zero attached hydrogens (tertiary/aromatic N) is 3. The van der Waals surface area contributed by atoms with Crippen molar-refractivity contribution < 1.29 is 4.74 Å². The molecule has 150 valence electrons. The first-order valence-corrected chi connectivity index (χ1v) is 10.2. The average molecular weight is 374 g/mol. The highest BCUT2D eigenvalue weighted by molar-refractivity contribution is 5.80. The number of para-hydroxylation sites is 2. The molecular formula is C21H35N5O. The Balaban J connectivity index is 1.52. The second-order valence-electron chi connectivity index (χ2n) is 7.82. The number of benzene rings is 1. The Morgan fingerprint density at radius 3 is 2.78 bits per heavy atom. The van der Waals surface area contributed by atoms with E-state index < -0.39 is 0 Å². The van der Waals surface area contributed by atoms with Gasteiger partial charge in [0.05, 0.1) is 12.8 Å². The molecule has 2 atom stereocenters. The summed E-state index contributed by atoms with van der Waals surface area (Å²) in [6.07, 6.45) is 4.93. The molecule has 2 fully saturated rings. The van der Waals surface area contributed by atoms with Gasteiger partial charge in [0.15, 0.2) is 5.96 Å². The van der Waals surface area contributed by atoms with E-state index in [9.17, 15) is 0 Å². The van der Waals surface area contributed by atoms with Gasteiger partial charge in [-0.1, -0.05) is 12.1 Å². The third kappa shape index (κ3) is 5.51. The van der Waals surface area contributed by atoms with Crippen LogP contribution in [0.3, 0.4) is 0 Å². The predicted molar refractivity (Wildman–Crippen MR) is 113 cm³/mol. The number of hydrogen-bond acceptors (Lipinski definition) is 4. The van der Waals surface area contributed by atoms with Crippen molar-refractivity contribution in [3.8, 4) is 5.75 Å². The third-order valence-electron chi connectivity index (χ3n) is 5.69. The molecule has 0 aromatic heterocycles.